The van der Waals surface area contributed by atoms with E-state index in [0.717, 1.165) is 12.1 Å². The molecule has 0 spiro atoms. The molecule has 0 bridgehead atoms. The fourth-order valence-corrected chi connectivity index (χ4v) is 3.39. The van der Waals surface area contributed by atoms with Gasteiger partial charge in [0.2, 0.25) is 11.7 Å². The number of nitrogens with one attached hydrogen (secondary N) is 1. The van der Waals surface area contributed by atoms with E-state index in [1.54, 1.807) is 41.1 Å². The number of alkyl halides is 3. The Balaban J connectivity index is 1.42. The van der Waals surface area contributed by atoms with Crippen LogP contribution in [0.15, 0.2) is 65.3 Å². The second kappa shape index (κ2) is 9.92. The Labute approximate surface area is 198 Å². The van der Waals surface area contributed by atoms with Crippen LogP contribution in [0.25, 0.3) is 23.0 Å². The summed E-state index contributed by atoms with van der Waals surface area (Å²) < 4.78 is 55.6. The Kier molecular flexibility index (Phi) is 6.76. The lowest BCUT2D eigenvalue weighted by Gasteiger charge is -2.10. The number of hydrogen-bond acceptors (Lipinski definition) is 6. The van der Waals surface area contributed by atoms with Crippen LogP contribution in [0.5, 0.6) is 11.5 Å². The number of rotatable bonds is 8. The van der Waals surface area contributed by atoms with Gasteiger partial charge in [-0.25, -0.2) is 0 Å². The summed E-state index contributed by atoms with van der Waals surface area (Å²) in [5, 5.41) is 6.71. The maximum Gasteiger partial charge on any atom is 0.416 e. The zero-order valence-corrected chi connectivity index (χ0v) is 18.8. The minimum atomic E-state index is -4.40. The van der Waals surface area contributed by atoms with E-state index >= 15 is 0 Å². The van der Waals surface area contributed by atoms with E-state index in [0.29, 0.717) is 34.1 Å². The van der Waals surface area contributed by atoms with Crippen molar-refractivity contribution in [3.8, 4) is 34.5 Å². The molecule has 0 radical (unpaired) electrons. The van der Waals surface area contributed by atoms with Crippen molar-refractivity contribution < 1.29 is 32.0 Å². The number of ether oxygens (including phenoxy) is 2. The van der Waals surface area contributed by atoms with Crippen molar-refractivity contribution >= 4 is 5.91 Å². The second-order valence-corrected chi connectivity index (χ2v) is 7.49. The molecule has 2 aromatic heterocycles. The predicted octanol–water partition coefficient (Wildman–Crippen LogP) is 4.56. The average molecular weight is 486 g/mol. The molecule has 0 fully saturated rings. The molecule has 1 amide bonds. The number of benzene rings is 2. The lowest BCUT2D eigenvalue weighted by molar-refractivity contribution is -0.137. The molecule has 182 valence electrons. The molecule has 0 aliphatic carbocycles. The molecule has 1 N–H and O–H groups in total. The monoisotopic (exact) mass is 486 g/mol. The summed E-state index contributed by atoms with van der Waals surface area (Å²) in [6.45, 7) is 0.0502. The third-order valence-electron chi connectivity index (χ3n) is 5.20. The number of carbonyl (C=O) groups excluding carboxylic acids is 1. The van der Waals surface area contributed by atoms with Gasteiger partial charge in [-0.2, -0.15) is 18.2 Å². The molecular weight excluding hydrogens is 465 g/mol. The van der Waals surface area contributed by atoms with Gasteiger partial charge < -0.3 is 23.9 Å². The third kappa shape index (κ3) is 5.45. The largest absolute Gasteiger partial charge is 0.493 e. The molecular formula is C24H21F3N4O4. The first-order valence-corrected chi connectivity index (χ1v) is 10.4. The zero-order valence-electron chi connectivity index (χ0n) is 18.8. The first kappa shape index (κ1) is 23.9. The second-order valence-electron chi connectivity index (χ2n) is 7.49. The van der Waals surface area contributed by atoms with Gasteiger partial charge in [-0.15, -0.1) is 0 Å². The number of aromatic nitrogens is 3. The van der Waals surface area contributed by atoms with Crippen molar-refractivity contribution in [1.29, 1.82) is 0 Å². The average Bonchev–Trinajstić information content (AvgIpc) is 3.51. The van der Waals surface area contributed by atoms with E-state index in [1.807, 2.05) is 0 Å². The van der Waals surface area contributed by atoms with Crippen LogP contribution >= 0.6 is 0 Å². The van der Waals surface area contributed by atoms with Crippen LogP contribution in [0.4, 0.5) is 13.2 Å². The van der Waals surface area contributed by atoms with E-state index in [4.69, 9.17) is 14.0 Å². The van der Waals surface area contributed by atoms with Gasteiger partial charge in [-0.3, -0.25) is 4.79 Å². The van der Waals surface area contributed by atoms with Crippen LogP contribution in [0.1, 0.15) is 11.1 Å². The molecule has 0 unspecified atom stereocenters. The standard InChI is InChI=1S/C24H21F3N4O4/c1-33-19-10-7-16(12-20(19)34-2)22-29-23(35-30-22)18-4-3-11-31(18)14-21(32)28-13-15-5-8-17(9-6-15)24(25,26)27/h3-12H,13-14H2,1-2H3,(H,28,32). The molecule has 2 heterocycles. The lowest BCUT2D eigenvalue weighted by Crippen LogP contribution is -2.27. The molecule has 4 rings (SSSR count). The first-order chi connectivity index (χ1) is 16.8. The van der Waals surface area contributed by atoms with E-state index in [2.05, 4.69) is 15.5 Å². The molecule has 2 aromatic carbocycles. The molecule has 11 heteroatoms. The van der Waals surface area contributed by atoms with Crippen LogP contribution in [-0.4, -0.2) is 34.8 Å². The number of carbonyl (C=O) groups is 1. The number of halogens is 3. The number of nitrogens with zero attached hydrogens (tertiary/aromatic N) is 3. The summed E-state index contributed by atoms with van der Waals surface area (Å²) >= 11 is 0. The van der Waals surface area contributed by atoms with Gasteiger partial charge >= 0.3 is 6.18 Å². The Morgan fingerprint density at radius 3 is 2.49 bits per heavy atom. The van der Waals surface area contributed by atoms with Crippen molar-refractivity contribution in [3.05, 3.63) is 71.9 Å². The molecule has 4 aromatic rings. The summed E-state index contributed by atoms with van der Waals surface area (Å²) in [7, 11) is 3.07. The van der Waals surface area contributed by atoms with Gasteiger partial charge in [0, 0.05) is 18.3 Å². The van der Waals surface area contributed by atoms with Gasteiger partial charge in [-0.05, 0) is 48.0 Å². The molecule has 0 atom stereocenters. The van der Waals surface area contributed by atoms with Crippen molar-refractivity contribution in [1.82, 2.24) is 20.0 Å². The lowest BCUT2D eigenvalue weighted by atomic mass is 10.1. The topological polar surface area (TPSA) is 91.4 Å². The number of hydrogen-bond donors (Lipinski definition) is 1. The minimum absolute atomic E-state index is 0.0446. The van der Waals surface area contributed by atoms with Crippen LogP contribution in [0, 0.1) is 0 Å². The summed E-state index contributed by atoms with van der Waals surface area (Å²) in [5.74, 6) is 1.30. The van der Waals surface area contributed by atoms with Gasteiger partial charge in [-0.1, -0.05) is 17.3 Å². The molecule has 0 saturated heterocycles. The number of amides is 1. The highest BCUT2D eigenvalue weighted by Gasteiger charge is 2.29. The Morgan fingerprint density at radius 2 is 1.80 bits per heavy atom. The maximum absolute atomic E-state index is 12.7. The van der Waals surface area contributed by atoms with Crippen molar-refractivity contribution in [2.45, 2.75) is 19.3 Å². The normalized spacial score (nSPS) is 11.3. The van der Waals surface area contributed by atoms with E-state index in [9.17, 15) is 18.0 Å². The minimum Gasteiger partial charge on any atom is -0.493 e. The fourth-order valence-electron chi connectivity index (χ4n) is 3.39. The van der Waals surface area contributed by atoms with Crippen molar-refractivity contribution in [3.63, 3.8) is 0 Å². The Hall–Kier alpha value is -4.28. The highest BCUT2D eigenvalue weighted by molar-refractivity contribution is 5.76. The molecule has 8 nitrogen and oxygen atoms in total. The van der Waals surface area contributed by atoms with Crippen LogP contribution in [0.2, 0.25) is 0 Å². The summed E-state index contributed by atoms with van der Waals surface area (Å²) in [4.78, 5) is 16.9. The first-order valence-electron chi connectivity index (χ1n) is 10.4. The van der Waals surface area contributed by atoms with E-state index in [-0.39, 0.29) is 24.9 Å². The Bertz CT molecular complexity index is 1310. The molecule has 0 aliphatic rings. The summed E-state index contributed by atoms with van der Waals surface area (Å²) in [5.41, 5.74) is 1.01. The maximum atomic E-state index is 12.7. The van der Waals surface area contributed by atoms with Crippen molar-refractivity contribution in [2.24, 2.45) is 0 Å². The van der Waals surface area contributed by atoms with Crippen LogP contribution in [0.3, 0.4) is 0 Å². The summed E-state index contributed by atoms with van der Waals surface area (Å²) in [6.07, 6.45) is -2.71. The van der Waals surface area contributed by atoms with E-state index in [1.165, 1.54) is 26.4 Å². The SMILES string of the molecule is COc1ccc(-c2noc(-c3cccn3CC(=O)NCc3ccc(C(F)(F)F)cc3)n2)cc1OC. The van der Waals surface area contributed by atoms with Gasteiger partial charge in [0.1, 0.15) is 12.2 Å². The van der Waals surface area contributed by atoms with Gasteiger partial charge in [0.05, 0.1) is 19.8 Å². The Morgan fingerprint density at radius 1 is 1.06 bits per heavy atom. The summed E-state index contributed by atoms with van der Waals surface area (Å²) in [6, 6.07) is 13.3. The smallest absolute Gasteiger partial charge is 0.416 e. The number of methoxy groups -OCH3 is 2. The van der Waals surface area contributed by atoms with Gasteiger partial charge in [0.15, 0.2) is 11.5 Å². The zero-order chi connectivity index (χ0) is 25.0. The van der Waals surface area contributed by atoms with Crippen LogP contribution in [-0.2, 0) is 24.1 Å². The van der Waals surface area contributed by atoms with E-state index < -0.39 is 11.7 Å². The van der Waals surface area contributed by atoms with Crippen LogP contribution < -0.4 is 14.8 Å². The highest BCUT2D eigenvalue weighted by Crippen LogP contribution is 2.32. The predicted molar refractivity (Wildman–Crippen MR) is 120 cm³/mol. The van der Waals surface area contributed by atoms with Crippen molar-refractivity contribution in [2.75, 3.05) is 14.2 Å². The van der Waals surface area contributed by atoms with Gasteiger partial charge in [0.25, 0.3) is 5.89 Å². The molecule has 0 saturated carbocycles. The molecule has 0 aliphatic heterocycles. The highest BCUT2D eigenvalue weighted by atomic mass is 19.4. The quantitative estimate of drug-likeness (QED) is 0.393. The molecule has 35 heavy (non-hydrogen) atoms. The third-order valence-corrected chi connectivity index (χ3v) is 5.20. The fraction of sp³-hybridized carbons (Fsp3) is 0.208.